The van der Waals surface area contributed by atoms with Gasteiger partial charge in [0.2, 0.25) is 0 Å². The van der Waals surface area contributed by atoms with E-state index in [2.05, 4.69) is 48.9 Å². The van der Waals surface area contributed by atoms with Gasteiger partial charge in [-0.2, -0.15) is 0 Å². The summed E-state index contributed by atoms with van der Waals surface area (Å²) in [6.07, 6.45) is 0. The second kappa shape index (κ2) is 5.86. The summed E-state index contributed by atoms with van der Waals surface area (Å²) >= 11 is 9.85. The molecule has 19 heavy (non-hydrogen) atoms. The lowest BCUT2D eigenvalue weighted by Gasteiger charge is -2.10. The van der Waals surface area contributed by atoms with Gasteiger partial charge in [-0.3, -0.25) is 0 Å². The van der Waals surface area contributed by atoms with Crippen LogP contribution in [-0.2, 0) is 6.54 Å². The van der Waals surface area contributed by atoms with Crippen LogP contribution in [0.4, 0.5) is 0 Å². The quantitative estimate of drug-likeness (QED) is 0.795. The Hall–Kier alpha value is -0.510. The monoisotopic (exact) mass is 343 g/mol. The van der Waals surface area contributed by atoms with E-state index in [1.165, 1.54) is 5.56 Å². The second-order valence-electron chi connectivity index (χ2n) is 5.36. The third kappa shape index (κ3) is 2.99. The largest absolute Gasteiger partial charge is 0.458 e. The maximum absolute atomic E-state index is 6.25. The third-order valence-corrected chi connectivity index (χ3v) is 4.06. The maximum Gasteiger partial charge on any atom is 0.154 e. The molecule has 0 spiro atoms. The molecule has 2 aromatic rings. The Morgan fingerprint density at radius 1 is 1.26 bits per heavy atom. The molecule has 0 saturated carbocycles. The van der Waals surface area contributed by atoms with Crippen molar-refractivity contribution in [2.24, 2.45) is 0 Å². The summed E-state index contributed by atoms with van der Waals surface area (Å²) in [5.41, 5.74) is 2.01. The van der Waals surface area contributed by atoms with Crippen molar-refractivity contribution < 1.29 is 4.42 Å². The lowest BCUT2D eigenvalue weighted by Crippen LogP contribution is -2.22. The van der Waals surface area contributed by atoms with Gasteiger partial charge in [-0.1, -0.05) is 55.2 Å². The zero-order valence-electron chi connectivity index (χ0n) is 11.7. The Morgan fingerprint density at radius 3 is 2.53 bits per heavy atom. The van der Waals surface area contributed by atoms with E-state index < -0.39 is 0 Å². The van der Waals surface area contributed by atoms with Gasteiger partial charge >= 0.3 is 0 Å². The highest BCUT2D eigenvalue weighted by molar-refractivity contribution is 9.10. The molecule has 0 aliphatic carbocycles. The first-order chi connectivity index (χ1) is 8.91. The molecular weight excluding hydrogens is 326 g/mol. The average Bonchev–Trinajstić information content (AvgIpc) is 2.72. The van der Waals surface area contributed by atoms with Gasteiger partial charge in [0.1, 0.15) is 5.76 Å². The Morgan fingerprint density at radius 2 is 1.95 bits per heavy atom. The van der Waals surface area contributed by atoms with Crippen LogP contribution in [-0.4, -0.2) is 6.04 Å². The Kier molecular flexibility index (Phi) is 4.59. The van der Waals surface area contributed by atoms with Crippen molar-refractivity contribution in [2.75, 3.05) is 0 Å². The van der Waals surface area contributed by atoms with Crippen molar-refractivity contribution >= 4 is 38.5 Å². The Balaban J connectivity index is 2.60. The number of fused-ring (bicyclic) bond motifs is 1. The molecule has 4 heteroatoms. The van der Waals surface area contributed by atoms with E-state index in [1.807, 2.05) is 12.1 Å². The van der Waals surface area contributed by atoms with Crippen molar-refractivity contribution in [3.05, 3.63) is 33.0 Å². The SMILES string of the molecule is CC(C)NCc1oc2c(Cl)ccc(Br)c2c1C(C)C. The van der Waals surface area contributed by atoms with Crippen LogP contribution in [0.2, 0.25) is 5.02 Å². The molecule has 0 fully saturated rings. The molecule has 104 valence electrons. The van der Waals surface area contributed by atoms with Crippen LogP contribution in [0.1, 0.15) is 44.9 Å². The van der Waals surface area contributed by atoms with Gasteiger partial charge in [0.25, 0.3) is 0 Å². The van der Waals surface area contributed by atoms with Crippen LogP contribution in [0.5, 0.6) is 0 Å². The molecule has 0 amide bonds. The zero-order valence-corrected chi connectivity index (χ0v) is 14.0. The minimum absolute atomic E-state index is 0.389. The summed E-state index contributed by atoms with van der Waals surface area (Å²) in [6, 6.07) is 4.26. The topological polar surface area (TPSA) is 25.2 Å². The molecule has 0 aliphatic rings. The number of nitrogens with one attached hydrogen (secondary N) is 1. The number of halogens is 2. The summed E-state index contributed by atoms with van der Waals surface area (Å²) < 4.78 is 7.04. The van der Waals surface area contributed by atoms with Crippen LogP contribution in [0.25, 0.3) is 11.0 Å². The molecule has 2 rings (SSSR count). The minimum Gasteiger partial charge on any atom is -0.458 e. The fourth-order valence-electron chi connectivity index (χ4n) is 2.24. The lowest BCUT2D eigenvalue weighted by molar-refractivity contribution is 0.480. The number of hydrogen-bond acceptors (Lipinski definition) is 2. The molecule has 1 aromatic carbocycles. The van der Waals surface area contributed by atoms with Crippen molar-refractivity contribution in [3.63, 3.8) is 0 Å². The van der Waals surface area contributed by atoms with Gasteiger partial charge < -0.3 is 9.73 Å². The first kappa shape index (κ1) is 14.9. The summed E-state index contributed by atoms with van der Waals surface area (Å²) in [5, 5.41) is 5.17. The van der Waals surface area contributed by atoms with Gasteiger partial charge in [0.15, 0.2) is 5.58 Å². The predicted molar refractivity (Wildman–Crippen MR) is 85.0 cm³/mol. The Labute approximate surface area is 127 Å². The summed E-state index contributed by atoms with van der Waals surface area (Å²) in [5.74, 6) is 1.37. The number of rotatable bonds is 4. The summed E-state index contributed by atoms with van der Waals surface area (Å²) in [7, 11) is 0. The highest BCUT2D eigenvalue weighted by Gasteiger charge is 2.20. The molecular formula is C15H19BrClNO. The third-order valence-electron chi connectivity index (χ3n) is 3.10. The lowest BCUT2D eigenvalue weighted by atomic mass is 9.99. The van der Waals surface area contributed by atoms with E-state index in [1.54, 1.807) is 0 Å². The molecule has 0 unspecified atom stereocenters. The second-order valence-corrected chi connectivity index (χ2v) is 6.62. The number of hydrogen-bond donors (Lipinski definition) is 1. The van der Waals surface area contributed by atoms with Crippen molar-refractivity contribution in [3.8, 4) is 0 Å². The highest BCUT2D eigenvalue weighted by atomic mass is 79.9. The molecule has 0 atom stereocenters. The van der Waals surface area contributed by atoms with E-state index in [9.17, 15) is 0 Å². The molecule has 0 radical (unpaired) electrons. The van der Waals surface area contributed by atoms with Crippen LogP contribution in [0, 0.1) is 0 Å². The van der Waals surface area contributed by atoms with E-state index in [0.717, 1.165) is 27.7 Å². The zero-order chi connectivity index (χ0) is 14.2. The number of benzene rings is 1. The van der Waals surface area contributed by atoms with Gasteiger partial charge in [0, 0.05) is 21.5 Å². The molecule has 0 saturated heterocycles. The summed E-state index contributed by atoms with van der Waals surface area (Å²) in [6.45, 7) is 9.33. The maximum atomic E-state index is 6.25. The minimum atomic E-state index is 0.389. The smallest absolute Gasteiger partial charge is 0.154 e. The molecule has 0 aliphatic heterocycles. The van der Waals surface area contributed by atoms with Gasteiger partial charge in [-0.15, -0.1) is 0 Å². The van der Waals surface area contributed by atoms with Crippen molar-refractivity contribution in [1.29, 1.82) is 0 Å². The van der Waals surface area contributed by atoms with Crippen LogP contribution < -0.4 is 5.32 Å². The molecule has 2 nitrogen and oxygen atoms in total. The van der Waals surface area contributed by atoms with Crippen molar-refractivity contribution in [1.82, 2.24) is 5.32 Å². The van der Waals surface area contributed by atoms with E-state index >= 15 is 0 Å². The highest BCUT2D eigenvalue weighted by Crippen LogP contribution is 2.39. The van der Waals surface area contributed by atoms with Crippen molar-refractivity contribution in [2.45, 2.75) is 46.2 Å². The van der Waals surface area contributed by atoms with Crippen LogP contribution in [0.15, 0.2) is 21.0 Å². The fourth-order valence-corrected chi connectivity index (χ4v) is 2.96. The normalized spacial score (nSPS) is 12.0. The first-order valence-corrected chi connectivity index (χ1v) is 7.71. The fraction of sp³-hybridized carbons (Fsp3) is 0.467. The van der Waals surface area contributed by atoms with Gasteiger partial charge in [-0.05, 0) is 18.1 Å². The van der Waals surface area contributed by atoms with E-state index in [4.69, 9.17) is 16.0 Å². The Bertz CT molecular complexity index is 589. The summed E-state index contributed by atoms with van der Waals surface area (Å²) in [4.78, 5) is 0. The van der Waals surface area contributed by atoms with Crippen LogP contribution >= 0.6 is 27.5 Å². The standard InChI is InChI=1S/C15H19BrClNO/c1-8(2)13-12(7-18-9(3)4)19-15-11(17)6-5-10(16)14(13)15/h5-6,8-9,18H,7H2,1-4H3. The van der Waals surface area contributed by atoms with Gasteiger partial charge in [0.05, 0.1) is 11.6 Å². The first-order valence-electron chi connectivity index (χ1n) is 6.54. The van der Waals surface area contributed by atoms with Crippen LogP contribution in [0.3, 0.4) is 0 Å². The molecule has 1 aromatic heterocycles. The average molecular weight is 345 g/mol. The molecule has 0 bridgehead atoms. The molecule has 1 N–H and O–H groups in total. The van der Waals surface area contributed by atoms with E-state index in [0.29, 0.717) is 17.0 Å². The van der Waals surface area contributed by atoms with Gasteiger partial charge in [-0.25, -0.2) is 0 Å². The molecule has 1 heterocycles. The van der Waals surface area contributed by atoms with E-state index in [-0.39, 0.29) is 0 Å². The predicted octanol–water partition coefficient (Wildman–Crippen LogP) is 5.47. The number of furan rings is 1.